The third-order valence-corrected chi connectivity index (χ3v) is 18.3. The molecule has 1 unspecified atom stereocenters. The van der Waals surface area contributed by atoms with Crippen LogP contribution in [0.2, 0.25) is 0 Å². The van der Waals surface area contributed by atoms with E-state index in [-0.39, 0.29) is 80.0 Å². The summed E-state index contributed by atoms with van der Waals surface area (Å²) >= 11 is 1.47. The van der Waals surface area contributed by atoms with E-state index >= 15 is 0 Å². The lowest BCUT2D eigenvalue weighted by atomic mass is 9.85. The van der Waals surface area contributed by atoms with Crippen molar-refractivity contribution < 1.29 is 57.1 Å². The van der Waals surface area contributed by atoms with Gasteiger partial charge in [-0.15, -0.1) is 11.8 Å². The lowest BCUT2D eigenvalue weighted by Crippen LogP contribution is -2.41. The zero-order valence-corrected chi connectivity index (χ0v) is 50.0. The number of ketones is 1. The van der Waals surface area contributed by atoms with E-state index in [1.165, 1.54) is 16.7 Å². The molecule has 5 aromatic carbocycles. The number of ether oxygens (including phenoxy) is 7. The molecule has 19 heteroatoms. The molecule has 1 saturated heterocycles. The summed E-state index contributed by atoms with van der Waals surface area (Å²) in [6.45, 7) is 7.86. The number of rotatable bonds is 26. The van der Waals surface area contributed by atoms with Gasteiger partial charge >= 0.3 is 0 Å². The second-order valence-corrected chi connectivity index (χ2v) is 25.1. The predicted molar refractivity (Wildman–Crippen MR) is 328 cm³/mol. The highest BCUT2D eigenvalue weighted by atomic mass is 32.2. The molecule has 1 aliphatic carbocycles. The van der Waals surface area contributed by atoms with Crippen molar-refractivity contribution in [2.24, 2.45) is 10.9 Å². The van der Waals surface area contributed by atoms with Crippen LogP contribution in [-0.2, 0) is 54.6 Å². The molecule has 1 N–H and O–H groups in total. The molecule has 5 aromatic rings. The Morgan fingerprint density at radius 2 is 1.34 bits per heavy atom. The number of thioether (sulfide) groups is 1. The average Bonchev–Trinajstić information content (AvgIpc) is 4.28. The van der Waals surface area contributed by atoms with E-state index in [0.29, 0.717) is 105 Å². The van der Waals surface area contributed by atoms with Crippen molar-refractivity contribution in [3.63, 3.8) is 0 Å². The second kappa shape index (κ2) is 26.4. The summed E-state index contributed by atoms with van der Waals surface area (Å²) in [5, 5.41) is 2.92. The van der Waals surface area contributed by atoms with E-state index in [4.69, 9.17) is 38.2 Å². The van der Waals surface area contributed by atoms with Crippen molar-refractivity contribution in [1.82, 2.24) is 4.90 Å². The van der Waals surface area contributed by atoms with Crippen LogP contribution in [0.1, 0.15) is 102 Å². The van der Waals surface area contributed by atoms with Crippen molar-refractivity contribution >= 4 is 75.8 Å². The van der Waals surface area contributed by atoms with Crippen molar-refractivity contribution in [3.05, 3.63) is 124 Å². The quantitative estimate of drug-likeness (QED) is 0.0407. The Kier molecular flexibility index (Phi) is 18.4. The molecular formula is C66H76N6O12S. The Morgan fingerprint density at radius 1 is 0.706 bits per heavy atom. The highest BCUT2D eigenvalue weighted by Crippen LogP contribution is 2.44. The second-order valence-electron chi connectivity index (χ2n) is 23.2. The van der Waals surface area contributed by atoms with Crippen LogP contribution >= 0.6 is 11.8 Å². The summed E-state index contributed by atoms with van der Waals surface area (Å²) in [6.07, 6.45) is 8.44. The number of hydrogen-bond donors (Lipinski definition) is 1. The van der Waals surface area contributed by atoms with E-state index in [2.05, 4.69) is 42.3 Å². The summed E-state index contributed by atoms with van der Waals surface area (Å²) in [5.74, 6) is 0.979. The van der Waals surface area contributed by atoms with Gasteiger partial charge in [0, 0.05) is 98.6 Å². The number of anilines is 4. The number of hydrogen-bond acceptors (Lipinski definition) is 16. The molecule has 1 saturated carbocycles. The molecule has 4 amide bonds. The van der Waals surface area contributed by atoms with Crippen LogP contribution in [0.5, 0.6) is 23.0 Å². The predicted octanol–water partition coefficient (Wildman–Crippen LogP) is 9.81. The first-order chi connectivity index (χ1) is 41.3. The topological polar surface area (TPSA) is 187 Å². The van der Waals surface area contributed by atoms with Gasteiger partial charge in [0.05, 0.1) is 87.1 Å². The normalized spacial score (nSPS) is 18.9. The number of fused-ring (bicyclic) bond motifs is 8. The Morgan fingerprint density at radius 3 is 2.05 bits per heavy atom. The zero-order valence-electron chi connectivity index (χ0n) is 49.2. The average molecular weight is 1180 g/mol. The molecule has 85 heavy (non-hydrogen) atoms. The van der Waals surface area contributed by atoms with Gasteiger partial charge in [0.1, 0.15) is 19.0 Å². The number of aliphatic imine (C=N–C) groups is 1. The highest BCUT2D eigenvalue weighted by Gasteiger charge is 2.43. The molecule has 0 spiro atoms. The fourth-order valence-electron chi connectivity index (χ4n) is 12.7. The smallest absolute Gasteiger partial charge is 0.261 e. The van der Waals surface area contributed by atoms with Crippen molar-refractivity contribution in [2.45, 2.75) is 107 Å². The molecule has 0 aromatic heterocycles. The largest absolute Gasteiger partial charge is 0.493 e. The van der Waals surface area contributed by atoms with Gasteiger partial charge in [0.25, 0.3) is 11.8 Å². The van der Waals surface area contributed by atoms with E-state index in [1.807, 2.05) is 65.7 Å². The lowest BCUT2D eigenvalue weighted by Gasteiger charge is -2.35. The standard InChI is InChI=1S/C66H76N6O12S/c1-66(2,85-61-36-62(74)70(65(61)77)20-19-56(73)44-13-7-6-8-14-44)41-69(21-22-81-25-26-82-24-23-78-3)47-28-42(39-83-59-34-52-50(32-57(59)79-4)63(75)71-48(37-67-52)30-45-15-9-11-17-54(45)71)27-43(29-47)40-84-60-35-53-51(33-58(60)80-5)64(76)72-49(38-68-53)31-46-16-10-12-18-55(46)72/h9-12,15-18,27-29,32-35,37,44,48-49,61,68H,6-8,13-14,19-26,30-31,36,38-41H2,1-5H3/t48-,49-,61?/m0/s1. The van der Waals surface area contributed by atoms with E-state index in [9.17, 15) is 24.0 Å². The summed E-state index contributed by atoms with van der Waals surface area (Å²) in [4.78, 5) is 81.4. The minimum Gasteiger partial charge on any atom is -0.493 e. The zero-order chi connectivity index (χ0) is 59.2. The summed E-state index contributed by atoms with van der Waals surface area (Å²) < 4.78 is 41.7. The molecule has 6 aliphatic rings. The van der Waals surface area contributed by atoms with E-state index in [1.54, 1.807) is 44.4 Å². The molecule has 0 bridgehead atoms. The first-order valence-corrected chi connectivity index (χ1v) is 30.5. The first-order valence-electron chi connectivity index (χ1n) is 29.7. The Labute approximate surface area is 501 Å². The van der Waals surface area contributed by atoms with Gasteiger partial charge in [-0.05, 0) is 97.8 Å². The summed E-state index contributed by atoms with van der Waals surface area (Å²) in [7, 11) is 4.74. The third kappa shape index (κ3) is 13.2. The molecule has 448 valence electrons. The molecule has 5 aliphatic heterocycles. The number of carbonyl (C=O) groups excluding carboxylic acids is 5. The van der Waals surface area contributed by atoms with Crippen LogP contribution in [0, 0.1) is 5.92 Å². The summed E-state index contributed by atoms with van der Waals surface area (Å²) in [6, 6.07) is 28.8. The number of para-hydroxylation sites is 2. The van der Waals surface area contributed by atoms with Crippen LogP contribution in [0.4, 0.5) is 28.4 Å². The third-order valence-electron chi connectivity index (χ3n) is 16.9. The molecule has 3 atom stereocenters. The molecule has 0 radical (unpaired) electrons. The maximum atomic E-state index is 14.3. The Hall–Kier alpha value is -7.45. The van der Waals surface area contributed by atoms with Gasteiger partial charge in [-0.2, -0.15) is 0 Å². The molecule has 5 heterocycles. The number of methoxy groups -OCH3 is 3. The first kappa shape index (κ1) is 59.3. The van der Waals surface area contributed by atoms with Gasteiger partial charge in [0.2, 0.25) is 11.8 Å². The fraction of sp³-hybridized carbons (Fsp3) is 0.455. The molecular weight excluding hydrogens is 1100 g/mol. The number of carbonyl (C=O) groups is 5. The van der Waals surface area contributed by atoms with Crippen LogP contribution in [0.3, 0.4) is 0 Å². The number of nitrogens with one attached hydrogen (secondary N) is 1. The fourth-order valence-corrected chi connectivity index (χ4v) is 14.1. The highest BCUT2D eigenvalue weighted by molar-refractivity contribution is 8.02. The van der Waals surface area contributed by atoms with E-state index in [0.717, 1.165) is 77.8 Å². The van der Waals surface area contributed by atoms with Crippen LogP contribution in [-0.4, -0.2) is 143 Å². The van der Waals surface area contributed by atoms with Gasteiger partial charge in [-0.3, -0.25) is 38.8 Å². The minimum absolute atomic E-state index is 0.00923. The number of benzene rings is 5. The Balaban J connectivity index is 0.877. The number of nitrogens with zero attached hydrogens (tertiary/aromatic N) is 5. The minimum atomic E-state index is -0.616. The monoisotopic (exact) mass is 1180 g/mol. The van der Waals surface area contributed by atoms with Gasteiger partial charge < -0.3 is 48.3 Å². The number of Topliss-reactive ketones (excluding diaryl/α,β-unsaturated/α-hetero) is 1. The SMILES string of the molecule is COCCOCCOCCN(CC(C)(C)SC1CC(=O)N(CCC(=O)C2CCCCC2)C1=O)c1cc(COc2cc3c(cc2OC)C(=O)N2c4ccccc4C[C@H]2C=N3)cc(COc2cc3c(cc2OC)C(=O)N2c4ccccc4C[C@H]2CN3)c1. The Bertz CT molecular complexity index is 3350. The molecule has 2 fully saturated rings. The summed E-state index contributed by atoms with van der Waals surface area (Å²) in [5.41, 5.74) is 8.41. The number of likely N-dealkylation sites (tertiary alicyclic amines) is 1. The van der Waals surface area contributed by atoms with Crippen molar-refractivity contribution in [3.8, 4) is 23.0 Å². The number of amides is 4. The van der Waals surface area contributed by atoms with E-state index < -0.39 is 10.00 Å². The van der Waals surface area contributed by atoms with Gasteiger partial charge in [0.15, 0.2) is 23.0 Å². The maximum absolute atomic E-state index is 14.3. The maximum Gasteiger partial charge on any atom is 0.261 e. The molecule has 11 rings (SSSR count). The van der Waals surface area contributed by atoms with Crippen LogP contribution in [0.15, 0.2) is 96.0 Å². The molecule has 18 nitrogen and oxygen atoms in total. The number of imide groups is 1. The van der Waals surface area contributed by atoms with Crippen molar-refractivity contribution in [1.29, 1.82) is 0 Å². The van der Waals surface area contributed by atoms with Gasteiger partial charge in [-0.25, -0.2) is 0 Å². The van der Waals surface area contributed by atoms with Crippen LogP contribution in [0.25, 0.3) is 0 Å². The van der Waals surface area contributed by atoms with Gasteiger partial charge in [-0.1, -0.05) is 55.7 Å². The lowest BCUT2D eigenvalue weighted by molar-refractivity contribution is -0.138. The van der Waals surface area contributed by atoms with Crippen LogP contribution < -0.4 is 39.0 Å². The van der Waals surface area contributed by atoms with Crippen molar-refractivity contribution in [2.75, 3.05) is 101 Å².